The summed E-state index contributed by atoms with van der Waals surface area (Å²) in [5, 5.41) is 4.98. The predicted molar refractivity (Wildman–Crippen MR) is 95.5 cm³/mol. The number of carbonyl (C=O) groups excluding carboxylic acids is 1. The lowest BCUT2D eigenvalue weighted by molar-refractivity contribution is 0.0952. The van der Waals surface area contributed by atoms with Gasteiger partial charge in [-0.2, -0.15) is 0 Å². The maximum absolute atomic E-state index is 12.2. The van der Waals surface area contributed by atoms with Gasteiger partial charge in [-0.3, -0.25) is 4.79 Å². The number of nitrogens with one attached hydrogen (secondary N) is 1. The summed E-state index contributed by atoms with van der Waals surface area (Å²) < 4.78 is 2.19. The van der Waals surface area contributed by atoms with Crippen molar-refractivity contribution >= 4 is 40.0 Å². The minimum Gasteiger partial charge on any atom is -0.350 e. The van der Waals surface area contributed by atoms with Crippen LogP contribution in [-0.2, 0) is 6.54 Å². The number of hydrogen-bond acceptors (Lipinski definition) is 1. The van der Waals surface area contributed by atoms with E-state index in [0.29, 0.717) is 28.7 Å². The van der Waals surface area contributed by atoms with Gasteiger partial charge in [0.2, 0.25) is 0 Å². The molecule has 1 amide bonds. The number of fused-ring (bicyclic) bond motifs is 1. The second-order valence-electron chi connectivity index (χ2n) is 5.38. The van der Waals surface area contributed by atoms with Gasteiger partial charge in [0, 0.05) is 29.3 Å². The molecule has 0 atom stereocenters. The van der Waals surface area contributed by atoms with E-state index in [4.69, 9.17) is 23.2 Å². The molecular weight excluding hydrogens is 331 g/mol. The Kier molecular flexibility index (Phi) is 4.60. The molecule has 3 nitrogen and oxygen atoms in total. The van der Waals surface area contributed by atoms with E-state index in [1.165, 1.54) is 16.6 Å². The van der Waals surface area contributed by atoms with Crippen LogP contribution < -0.4 is 5.32 Å². The summed E-state index contributed by atoms with van der Waals surface area (Å²) in [5.41, 5.74) is 2.78. The van der Waals surface area contributed by atoms with E-state index in [1.54, 1.807) is 18.2 Å². The molecule has 0 fully saturated rings. The molecule has 118 valence electrons. The van der Waals surface area contributed by atoms with Crippen molar-refractivity contribution in [3.05, 3.63) is 69.8 Å². The monoisotopic (exact) mass is 346 g/mol. The Bertz CT molecular complexity index is 871. The highest BCUT2D eigenvalue weighted by molar-refractivity contribution is 6.36. The van der Waals surface area contributed by atoms with Gasteiger partial charge in [0.05, 0.1) is 10.6 Å². The summed E-state index contributed by atoms with van der Waals surface area (Å²) >= 11 is 11.9. The summed E-state index contributed by atoms with van der Waals surface area (Å²) in [6.45, 7) is 3.30. The molecular formula is C18H16Cl2N2O. The van der Waals surface area contributed by atoms with Crippen LogP contribution in [-0.4, -0.2) is 17.0 Å². The molecule has 1 N–H and O–H groups in total. The first-order valence-electron chi connectivity index (χ1n) is 7.34. The zero-order valence-corrected chi connectivity index (χ0v) is 14.2. The largest absolute Gasteiger partial charge is 0.350 e. The molecule has 0 aliphatic rings. The summed E-state index contributed by atoms with van der Waals surface area (Å²) in [7, 11) is 0. The Labute approximate surface area is 144 Å². The van der Waals surface area contributed by atoms with Crippen LogP contribution in [0, 0.1) is 6.92 Å². The molecule has 5 heteroatoms. The van der Waals surface area contributed by atoms with Gasteiger partial charge < -0.3 is 9.88 Å². The van der Waals surface area contributed by atoms with Crippen LogP contribution >= 0.6 is 23.2 Å². The molecule has 3 aromatic rings. The standard InChI is InChI=1S/C18H16Cl2N2O/c1-12-10-13-4-2-3-5-17(13)22(12)9-8-21-18(23)15-7-6-14(19)11-16(15)20/h2-7,10-11H,8-9H2,1H3,(H,21,23). The lowest BCUT2D eigenvalue weighted by Crippen LogP contribution is -2.27. The molecule has 2 aromatic carbocycles. The average molecular weight is 347 g/mol. The van der Waals surface area contributed by atoms with Crippen LogP contribution in [0.5, 0.6) is 0 Å². The smallest absolute Gasteiger partial charge is 0.252 e. The zero-order chi connectivity index (χ0) is 16.4. The third kappa shape index (κ3) is 3.36. The number of halogens is 2. The molecule has 0 saturated carbocycles. The first kappa shape index (κ1) is 15.9. The Hall–Kier alpha value is -1.97. The van der Waals surface area contributed by atoms with Gasteiger partial charge in [-0.05, 0) is 42.6 Å². The molecule has 1 aromatic heterocycles. The number of aromatic nitrogens is 1. The number of para-hydroxylation sites is 1. The average Bonchev–Trinajstić information content (AvgIpc) is 2.83. The van der Waals surface area contributed by atoms with Crippen molar-refractivity contribution in [1.82, 2.24) is 9.88 Å². The van der Waals surface area contributed by atoms with Crippen molar-refractivity contribution < 1.29 is 4.79 Å². The first-order chi connectivity index (χ1) is 11.1. The second kappa shape index (κ2) is 6.65. The summed E-state index contributed by atoms with van der Waals surface area (Å²) in [6, 6.07) is 15.2. The van der Waals surface area contributed by atoms with E-state index in [9.17, 15) is 4.79 Å². The maximum Gasteiger partial charge on any atom is 0.252 e. The van der Waals surface area contributed by atoms with Crippen molar-refractivity contribution in [3.8, 4) is 0 Å². The fourth-order valence-corrected chi connectivity index (χ4v) is 3.19. The lowest BCUT2D eigenvalue weighted by Gasteiger charge is -2.10. The molecule has 0 radical (unpaired) electrons. The SMILES string of the molecule is Cc1cc2ccccc2n1CCNC(=O)c1ccc(Cl)cc1Cl. The van der Waals surface area contributed by atoms with Gasteiger partial charge >= 0.3 is 0 Å². The fraction of sp³-hybridized carbons (Fsp3) is 0.167. The number of nitrogens with zero attached hydrogens (tertiary/aromatic N) is 1. The van der Waals surface area contributed by atoms with Gasteiger partial charge in [-0.25, -0.2) is 0 Å². The van der Waals surface area contributed by atoms with E-state index in [1.807, 2.05) is 12.1 Å². The quantitative estimate of drug-likeness (QED) is 0.730. The Morgan fingerprint density at radius 2 is 1.91 bits per heavy atom. The van der Waals surface area contributed by atoms with E-state index in [2.05, 4.69) is 35.0 Å². The molecule has 0 aliphatic heterocycles. The van der Waals surface area contributed by atoms with Gasteiger partial charge in [0.1, 0.15) is 0 Å². The molecule has 23 heavy (non-hydrogen) atoms. The van der Waals surface area contributed by atoms with Crippen molar-refractivity contribution in [2.75, 3.05) is 6.54 Å². The van der Waals surface area contributed by atoms with E-state index in [-0.39, 0.29) is 5.91 Å². The highest BCUT2D eigenvalue weighted by atomic mass is 35.5. The van der Waals surface area contributed by atoms with E-state index >= 15 is 0 Å². The molecule has 0 saturated heterocycles. The topological polar surface area (TPSA) is 34.0 Å². The molecule has 0 spiro atoms. The minimum atomic E-state index is -0.194. The van der Waals surface area contributed by atoms with E-state index < -0.39 is 0 Å². The van der Waals surface area contributed by atoms with Crippen molar-refractivity contribution in [2.24, 2.45) is 0 Å². The third-order valence-corrected chi connectivity index (χ3v) is 4.36. The normalized spacial score (nSPS) is 10.9. The number of hydrogen-bond donors (Lipinski definition) is 1. The van der Waals surface area contributed by atoms with Crippen LogP contribution in [0.15, 0.2) is 48.5 Å². The van der Waals surface area contributed by atoms with Crippen molar-refractivity contribution in [1.29, 1.82) is 0 Å². The van der Waals surface area contributed by atoms with Gasteiger partial charge in [0.25, 0.3) is 5.91 Å². The summed E-state index contributed by atoms with van der Waals surface area (Å²) in [5.74, 6) is -0.194. The summed E-state index contributed by atoms with van der Waals surface area (Å²) in [6.07, 6.45) is 0. The summed E-state index contributed by atoms with van der Waals surface area (Å²) in [4.78, 5) is 12.2. The minimum absolute atomic E-state index is 0.194. The maximum atomic E-state index is 12.2. The van der Waals surface area contributed by atoms with Crippen molar-refractivity contribution in [3.63, 3.8) is 0 Å². The highest BCUT2D eigenvalue weighted by Gasteiger charge is 2.11. The number of aryl methyl sites for hydroxylation is 1. The molecule has 1 heterocycles. The molecule has 3 rings (SSSR count). The van der Waals surface area contributed by atoms with Gasteiger partial charge in [-0.1, -0.05) is 41.4 Å². The Balaban J connectivity index is 1.69. The Morgan fingerprint density at radius 3 is 2.70 bits per heavy atom. The van der Waals surface area contributed by atoms with E-state index in [0.717, 1.165) is 0 Å². The zero-order valence-electron chi connectivity index (χ0n) is 12.6. The van der Waals surface area contributed by atoms with Crippen LogP contribution in [0.2, 0.25) is 10.0 Å². The van der Waals surface area contributed by atoms with Crippen LogP contribution in [0.3, 0.4) is 0 Å². The van der Waals surface area contributed by atoms with Crippen molar-refractivity contribution in [2.45, 2.75) is 13.5 Å². The van der Waals surface area contributed by atoms with Crippen LogP contribution in [0.4, 0.5) is 0 Å². The predicted octanol–water partition coefficient (Wildman–Crippen LogP) is 4.69. The molecule has 0 unspecified atom stereocenters. The molecule has 0 bridgehead atoms. The third-order valence-electron chi connectivity index (χ3n) is 3.81. The molecule has 0 aliphatic carbocycles. The highest BCUT2D eigenvalue weighted by Crippen LogP contribution is 2.21. The number of benzene rings is 2. The number of carbonyl (C=O) groups is 1. The van der Waals surface area contributed by atoms with Crippen LogP contribution in [0.1, 0.15) is 16.1 Å². The van der Waals surface area contributed by atoms with Gasteiger partial charge in [0.15, 0.2) is 0 Å². The Morgan fingerprint density at radius 1 is 1.13 bits per heavy atom. The number of amides is 1. The lowest BCUT2D eigenvalue weighted by atomic mass is 10.2. The second-order valence-corrected chi connectivity index (χ2v) is 6.22. The first-order valence-corrected chi connectivity index (χ1v) is 8.10. The fourth-order valence-electron chi connectivity index (χ4n) is 2.70. The van der Waals surface area contributed by atoms with Gasteiger partial charge in [-0.15, -0.1) is 0 Å². The van der Waals surface area contributed by atoms with Crippen LogP contribution in [0.25, 0.3) is 10.9 Å². The number of rotatable bonds is 4.